The minimum Gasteiger partial charge on any atom is -0.493 e. The molecule has 4 aromatic heterocycles. The Balaban J connectivity index is 1.23. The van der Waals surface area contributed by atoms with Crippen LogP contribution in [-0.4, -0.2) is 68.9 Å². The van der Waals surface area contributed by atoms with E-state index in [-0.39, 0.29) is 41.0 Å². The fourth-order valence-electron chi connectivity index (χ4n) is 9.75. The maximum Gasteiger partial charge on any atom is 0.251 e. The molecule has 2 bridgehead atoms. The second kappa shape index (κ2) is 11.1. The molecule has 10 heteroatoms. The van der Waals surface area contributed by atoms with E-state index in [2.05, 4.69) is 40.9 Å². The number of rotatable bonds is 6. The lowest BCUT2D eigenvalue weighted by Crippen LogP contribution is -2.40. The Morgan fingerprint density at radius 3 is 2.80 bits per heavy atom. The molecule has 9 heterocycles. The van der Waals surface area contributed by atoms with Crippen LogP contribution in [0.1, 0.15) is 68.1 Å². The Hall–Kier alpha value is -4.28. The van der Waals surface area contributed by atoms with Crippen molar-refractivity contribution in [1.29, 1.82) is 0 Å². The van der Waals surface area contributed by atoms with Crippen LogP contribution in [0, 0.1) is 11.7 Å². The van der Waals surface area contributed by atoms with Gasteiger partial charge in [-0.25, -0.2) is 9.37 Å². The van der Waals surface area contributed by atoms with Crippen LogP contribution in [0.5, 0.6) is 11.6 Å². The summed E-state index contributed by atoms with van der Waals surface area (Å²) in [5, 5.41) is 5.23. The fraction of sp³-hybridized carbons (Fsp3) is 0.462. The Morgan fingerprint density at radius 2 is 1.98 bits per heavy atom. The van der Waals surface area contributed by atoms with Crippen molar-refractivity contribution in [1.82, 2.24) is 29.3 Å². The van der Waals surface area contributed by atoms with Crippen molar-refractivity contribution < 1.29 is 13.9 Å². The van der Waals surface area contributed by atoms with Crippen molar-refractivity contribution in [2.75, 3.05) is 26.7 Å². The third-order valence-corrected chi connectivity index (χ3v) is 12.2. The summed E-state index contributed by atoms with van der Waals surface area (Å²) in [6.45, 7) is 4.68. The first-order valence-corrected chi connectivity index (χ1v) is 18.0. The molecule has 1 saturated carbocycles. The predicted molar refractivity (Wildman–Crippen MR) is 186 cm³/mol. The summed E-state index contributed by atoms with van der Waals surface area (Å²) in [6.07, 6.45) is 8.41. The Kier molecular flexibility index (Phi) is 6.72. The molecule has 0 amide bonds. The van der Waals surface area contributed by atoms with Crippen LogP contribution in [-0.2, 0) is 12.8 Å². The number of pyridine rings is 3. The number of nitrogens with one attached hydrogen (secondary N) is 1. The zero-order valence-electron chi connectivity index (χ0n) is 28.0. The SMILES string of the molecule is C[C@H](Oc1nc2c(F)c(-c3cccc4c3OCCC4)ncc2c2c1cc(C1CCc3cccc(=O)n31)n2[C@H]1[C@H]2CN[C@@H]1C2)C1CCCN1C. The lowest BCUT2D eigenvalue weighted by molar-refractivity contribution is 0.119. The first-order valence-electron chi connectivity index (χ1n) is 18.0. The zero-order chi connectivity index (χ0) is 33.0. The van der Waals surface area contributed by atoms with Gasteiger partial charge in [-0.15, -0.1) is 0 Å². The lowest BCUT2D eigenvalue weighted by Gasteiger charge is -2.38. The predicted octanol–water partition coefficient (Wildman–Crippen LogP) is 5.81. The van der Waals surface area contributed by atoms with Crippen molar-refractivity contribution in [2.45, 2.75) is 82.1 Å². The van der Waals surface area contributed by atoms with Crippen LogP contribution in [0.3, 0.4) is 0 Å². The third kappa shape index (κ3) is 4.39. The number of likely N-dealkylation sites (N-methyl/N-ethyl adjacent to an activating group) is 1. The van der Waals surface area contributed by atoms with Crippen molar-refractivity contribution in [2.24, 2.45) is 5.92 Å². The van der Waals surface area contributed by atoms with Crippen LogP contribution in [0.4, 0.5) is 4.39 Å². The number of ether oxygens (including phenoxy) is 2. The van der Waals surface area contributed by atoms with Gasteiger partial charge in [-0.3, -0.25) is 14.7 Å². The van der Waals surface area contributed by atoms with E-state index >= 15 is 4.39 Å². The number of aryl methyl sites for hydroxylation is 2. The number of halogens is 1. The van der Waals surface area contributed by atoms with Gasteiger partial charge in [0.2, 0.25) is 5.88 Å². The highest BCUT2D eigenvalue weighted by atomic mass is 19.1. The molecule has 1 aliphatic carbocycles. The van der Waals surface area contributed by atoms with Gasteiger partial charge in [-0.05, 0) is 95.1 Å². The van der Waals surface area contributed by atoms with E-state index in [0.29, 0.717) is 41.1 Å². The summed E-state index contributed by atoms with van der Waals surface area (Å²) in [5.74, 6) is 1.14. The molecule has 49 heavy (non-hydrogen) atoms. The number of para-hydroxylation sites is 1. The maximum absolute atomic E-state index is 17.2. The molecular formula is C39H41FN6O3. The molecule has 1 aromatic carbocycles. The second-order valence-electron chi connectivity index (χ2n) is 14.8. The molecule has 5 aromatic rings. The molecule has 3 saturated heterocycles. The average molecular weight is 661 g/mol. The second-order valence-corrected chi connectivity index (χ2v) is 14.8. The average Bonchev–Trinajstić information content (AvgIpc) is 3.94. The maximum atomic E-state index is 17.2. The number of benzene rings is 1. The highest BCUT2D eigenvalue weighted by Gasteiger charge is 2.50. The summed E-state index contributed by atoms with van der Waals surface area (Å²) >= 11 is 0. The van der Waals surface area contributed by atoms with E-state index < -0.39 is 5.82 Å². The van der Waals surface area contributed by atoms with Crippen LogP contribution >= 0.6 is 0 Å². The number of aromatic nitrogens is 4. The Bertz CT molecular complexity index is 2200. The summed E-state index contributed by atoms with van der Waals surface area (Å²) < 4.78 is 34.5. The fourth-order valence-corrected chi connectivity index (χ4v) is 9.75. The first kappa shape index (κ1) is 29.6. The molecule has 9 nitrogen and oxygen atoms in total. The highest BCUT2D eigenvalue weighted by molar-refractivity contribution is 6.07. The van der Waals surface area contributed by atoms with E-state index in [0.717, 1.165) is 85.9 Å². The molecule has 5 aliphatic heterocycles. The zero-order valence-corrected chi connectivity index (χ0v) is 28.0. The molecule has 4 fully saturated rings. The summed E-state index contributed by atoms with van der Waals surface area (Å²) in [7, 11) is 2.14. The van der Waals surface area contributed by atoms with Gasteiger partial charge in [0.25, 0.3) is 5.56 Å². The molecule has 11 rings (SSSR count). The van der Waals surface area contributed by atoms with Gasteiger partial charge in [-0.2, -0.15) is 0 Å². The monoisotopic (exact) mass is 660 g/mol. The number of hydrogen-bond acceptors (Lipinski definition) is 7. The third-order valence-electron chi connectivity index (χ3n) is 12.2. The van der Waals surface area contributed by atoms with Crippen molar-refractivity contribution in [3.8, 4) is 22.9 Å². The van der Waals surface area contributed by atoms with Crippen LogP contribution in [0.25, 0.3) is 33.1 Å². The molecule has 1 N–H and O–H groups in total. The topological polar surface area (TPSA) is 86.4 Å². The van der Waals surface area contributed by atoms with Gasteiger partial charge in [0.05, 0.1) is 29.6 Å². The number of hydrogen-bond donors (Lipinski definition) is 1. The minimum absolute atomic E-state index is 0.00891. The summed E-state index contributed by atoms with van der Waals surface area (Å²) in [5.41, 5.74) is 5.24. The molecule has 0 spiro atoms. The molecule has 6 atom stereocenters. The smallest absolute Gasteiger partial charge is 0.251 e. The normalized spacial score (nSPS) is 26.5. The van der Waals surface area contributed by atoms with Crippen LogP contribution < -0.4 is 20.3 Å². The number of likely N-dealkylation sites (tertiary alicyclic amines) is 1. The van der Waals surface area contributed by atoms with Gasteiger partial charge in [-0.1, -0.05) is 18.2 Å². The molecular weight excluding hydrogens is 619 g/mol. The Morgan fingerprint density at radius 1 is 1.08 bits per heavy atom. The van der Waals surface area contributed by atoms with Gasteiger partial charge in [0, 0.05) is 53.2 Å². The van der Waals surface area contributed by atoms with Crippen LogP contribution in [0.2, 0.25) is 0 Å². The van der Waals surface area contributed by atoms with Crippen molar-refractivity contribution >= 4 is 21.8 Å². The van der Waals surface area contributed by atoms with E-state index in [1.807, 2.05) is 28.8 Å². The van der Waals surface area contributed by atoms with Gasteiger partial charge in [0.15, 0.2) is 5.82 Å². The number of fused-ring (bicyclic) bond motifs is 6. The Labute approximate surface area is 284 Å². The lowest BCUT2D eigenvalue weighted by atomic mass is 9.79. The van der Waals surface area contributed by atoms with E-state index in [4.69, 9.17) is 19.4 Å². The largest absolute Gasteiger partial charge is 0.493 e. The van der Waals surface area contributed by atoms with E-state index in [1.165, 1.54) is 0 Å². The molecule has 2 unspecified atom stereocenters. The van der Waals surface area contributed by atoms with Gasteiger partial charge < -0.3 is 23.9 Å². The summed E-state index contributed by atoms with van der Waals surface area (Å²) in [4.78, 5) is 25.6. The summed E-state index contributed by atoms with van der Waals surface area (Å²) in [6, 6.07) is 14.3. The van der Waals surface area contributed by atoms with E-state index in [9.17, 15) is 4.79 Å². The molecule has 252 valence electrons. The standard InChI is InChI=1S/C39H41FN6O3/c1-21(29-11-5-15-44(29)2)49-39-26-18-31(30-14-13-24-9-4-12-32(47)45(24)30)46(36-23-17-28(36)41-19-23)37(26)27-20-42-34(33(40)35(27)43-39)25-10-3-7-22-8-6-16-48-38(22)25/h3-4,7,9-10,12,18,20-21,23,28-30,36,41H,5-6,8,11,13-17,19H2,1-2H3/t21-,23+,28+,29?,30?,36-/m0/s1. The van der Waals surface area contributed by atoms with Crippen molar-refractivity contribution in [3.05, 3.63) is 81.8 Å². The highest BCUT2D eigenvalue weighted by Crippen LogP contribution is 2.50. The van der Waals surface area contributed by atoms with Crippen molar-refractivity contribution in [3.63, 3.8) is 0 Å². The molecule has 6 aliphatic rings. The minimum atomic E-state index is -0.469. The molecule has 0 radical (unpaired) electrons. The quantitative estimate of drug-likeness (QED) is 0.246. The van der Waals surface area contributed by atoms with Crippen LogP contribution in [0.15, 0.2) is 53.5 Å². The van der Waals surface area contributed by atoms with Gasteiger partial charge >= 0.3 is 0 Å². The van der Waals surface area contributed by atoms with E-state index in [1.54, 1.807) is 12.3 Å². The number of nitrogens with zero attached hydrogens (tertiary/aromatic N) is 5. The first-order chi connectivity index (χ1) is 24.0. The van der Waals surface area contributed by atoms with Gasteiger partial charge in [0.1, 0.15) is 23.1 Å².